The van der Waals surface area contributed by atoms with Crippen LogP contribution in [0.1, 0.15) is 72.6 Å². The van der Waals surface area contributed by atoms with Gasteiger partial charge in [-0.1, -0.05) is 26.8 Å². The van der Waals surface area contributed by atoms with Gasteiger partial charge in [0.2, 0.25) is 0 Å². The van der Waals surface area contributed by atoms with Crippen LogP contribution in [0.5, 0.6) is 0 Å². The van der Waals surface area contributed by atoms with Crippen molar-refractivity contribution in [3.8, 4) is 0 Å². The van der Waals surface area contributed by atoms with Crippen LogP contribution in [0.2, 0.25) is 0 Å². The number of ketones is 1. The summed E-state index contributed by atoms with van der Waals surface area (Å²) in [6, 6.07) is 0. The molecule has 0 bridgehead atoms. The van der Waals surface area contributed by atoms with E-state index in [-0.39, 0.29) is 11.4 Å². The lowest BCUT2D eigenvalue weighted by atomic mass is 9.45. The SMILES string of the molecule is CC(=O)OCC(C)C1CCC2C3CCC4CC(=O)C=CC4(C)C3CCC12C. The molecule has 8 unspecified atom stereocenters. The van der Waals surface area contributed by atoms with Crippen LogP contribution in [0.4, 0.5) is 0 Å². The highest BCUT2D eigenvalue weighted by molar-refractivity contribution is 5.91. The summed E-state index contributed by atoms with van der Waals surface area (Å²) in [4.78, 5) is 23.2. The zero-order chi connectivity index (χ0) is 19.4. The molecule has 3 saturated carbocycles. The third kappa shape index (κ3) is 3.00. The van der Waals surface area contributed by atoms with Crippen molar-refractivity contribution in [1.82, 2.24) is 0 Å². The van der Waals surface area contributed by atoms with E-state index in [1.54, 1.807) is 0 Å². The Labute approximate surface area is 164 Å². The maximum absolute atomic E-state index is 12.0. The van der Waals surface area contributed by atoms with Crippen LogP contribution in [0.15, 0.2) is 12.2 Å². The van der Waals surface area contributed by atoms with Gasteiger partial charge in [-0.15, -0.1) is 0 Å². The van der Waals surface area contributed by atoms with Crippen molar-refractivity contribution in [3.63, 3.8) is 0 Å². The maximum atomic E-state index is 12.0. The van der Waals surface area contributed by atoms with Gasteiger partial charge in [-0.2, -0.15) is 0 Å². The molecule has 3 fully saturated rings. The lowest BCUT2D eigenvalue weighted by Crippen LogP contribution is -2.52. The van der Waals surface area contributed by atoms with Crippen molar-refractivity contribution in [1.29, 1.82) is 0 Å². The van der Waals surface area contributed by atoms with E-state index in [4.69, 9.17) is 4.74 Å². The average molecular weight is 373 g/mol. The summed E-state index contributed by atoms with van der Waals surface area (Å²) in [5.74, 6) is 4.17. The summed E-state index contributed by atoms with van der Waals surface area (Å²) in [5.41, 5.74) is 0.609. The Morgan fingerprint density at radius 3 is 2.70 bits per heavy atom. The molecule has 0 amide bonds. The van der Waals surface area contributed by atoms with Crippen molar-refractivity contribution < 1.29 is 14.3 Å². The molecule has 0 aromatic carbocycles. The van der Waals surface area contributed by atoms with Crippen LogP contribution < -0.4 is 0 Å². The van der Waals surface area contributed by atoms with E-state index in [2.05, 4.69) is 26.8 Å². The second kappa shape index (κ2) is 6.74. The Morgan fingerprint density at radius 1 is 1.19 bits per heavy atom. The minimum atomic E-state index is -0.157. The van der Waals surface area contributed by atoms with Gasteiger partial charge in [0.25, 0.3) is 0 Å². The van der Waals surface area contributed by atoms with Gasteiger partial charge in [0.1, 0.15) is 0 Å². The van der Waals surface area contributed by atoms with E-state index in [1.807, 2.05) is 6.08 Å². The van der Waals surface area contributed by atoms with Crippen molar-refractivity contribution >= 4 is 11.8 Å². The molecule has 0 aromatic rings. The molecule has 4 rings (SSSR count). The first-order valence-electron chi connectivity index (χ1n) is 11.1. The van der Waals surface area contributed by atoms with E-state index < -0.39 is 0 Å². The molecule has 0 heterocycles. The zero-order valence-corrected chi connectivity index (χ0v) is 17.5. The Balaban J connectivity index is 1.54. The zero-order valence-electron chi connectivity index (χ0n) is 17.5. The van der Waals surface area contributed by atoms with E-state index >= 15 is 0 Å². The molecule has 0 saturated heterocycles. The topological polar surface area (TPSA) is 43.4 Å². The van der Waals surface area contributed by atoms with E-state index in [1.165, 1.54) is 45.4 Å². The number of allylic oxidation sites excluding steroid dienone is 2. The van der Waals surface area contributed by atoms with Gasteiger partial charge < -0.3 is 4.74 Å². The molecule has 4 aliphatic carbocycles. The fourth-order valence-corrected chi connectivity index (χ4v) is 7.97. The molecule has 3 nitrogen and oxygen atoms in total. The number of hydrogen-bond donors (Lipinski definition) is 0. The molecular formula is C24H36O3. The monoisotopic (exact) mass is 372 g/mol. The minimum absolute atomic E-state index is 0.157. The lowest BCUT2D eigenvalue weighted by Gasteiger charge is -2.59. The highest BCUT2D eigenvalue weighted by atomic mass is 16.5. The van der Waals surface area contributed by atoms with Gasteiger partial charge in [-0.3, -0.25) is 9.59 Å². The number of fused-ring (bicyclic) bond motifs is 5. The van der Waals surface area contributed by atoms with Crippen LogP contribution in [0.3, 0.4) is 0 Å². The molecule has 3 heteroatoms. The Hall–Kier alpha value is -1.12. The first-order chi connectivity index (χ1) is 12.8. The fourth-order valence-electron chi connectivity index (χ4n) is 7.97. The number of carbonyl (C=O) groups excluding carboxylic acids is 2. The van der Waals surface area contributed by atoms with Gasteiger partial charge in [0.05, 0.1) is 6.61 Å². The van der Waals surface area contributed by atoms with Crippen molar-refractivity contribution in [2.24, 2.45) is 46.3 Å². The van der Waals surface area contributed by atoms with Gasteiger partial charge >= 0.3 is 5.97 Å². The molecule has 150 valence electrons. The van der Waals surface area contributed by atoms with Gasteiger partial charge in [0, 0.05) is 13.3 Å². The molecule has 4 aliphatic rings. The normalized spacial score (nSPS) is 47.0. The first kappa shape index (κ1) is 19.2. The number of ether oxygens (including phenoxy) is 1. The number of carbonyl (C=O) groups is 2. The highest BCUT2D eigenvalue weighted by Crippen LogP contribution is 2.67. The fraction of sp³-hybridized carbons (Fsp3) is 0.833. The quantitative estimate of drug-likeness (QED) is 0.640. The predicted octanol–water partition coefficient (Wildman–Crippen LogP) is 5.19. The van der Waals surface area contributed by atoms with E-state index in [0.717, 1.165) is 24.2 Å². The second-order valence-corrected chi connectivity index (χ2v) is 10.5. The van der Waals surface area contributed by atoms with Crippen LogP contribution in [0.25, 0.3) is 0 Å². The predicted molar refractivity (Wildman–Crippen MR) is 106 cm³/mol. The van der Waals surface area contributed by atoms with E-state index in [9.17, 15) is 9.59 Å². The van der Waals surface area contributed by atoms with Gasteiger partial charge in [-0.25, -0.2) is 0 Å². The summed E-state index contributed by atoms with van der Waals surface area (Å²) >= 11 is 0. The third-order valence-corrected chi connectivity index (χ3v) is 9.35. The number of hydrogen-bond acceptors (Lipinski definition) is 3. The molecular weight excluding hydrogens is 336 g/mol. The van der Waals surface area contributed by atoms with Crippen molar-refractivity contribution in [2.75, 3.05) is 6.61 Å². The van der Waals surface area contributed by atoms with E-state index in [0.29, 0.717) is 35.6 Å². The summed E-state index contributed by atoms with van der Waals surface area (Å²) in [7, 11) is 0. The van der Waals surface area contributed by atoms with Crippen LogP contribution in [-0.4, -0.2) is 18.4 Å². The average Bonchev–Trinajstić information content (AvgIpc) is 2.97. The van der Waals surface area contributed by atoms with Crippen LogP contribution >= 0.6 is 0 Å². The molecule has 0 spiro atoms. The second-order valence-electron chi connectivity index (χ2n) is 10.5. The molecule has 0 radical (unpaired) electrons. The third-order valence-electron chi connectivity index (χ3n) is 9.35. The lowest BCUT2D eigenvalue weighted by molar-refractivity contribution is -0.144. The standard InChI is InChI=1S/C24H36O3/c1-15(14-27-16(2)25)20-7-8-21-19-6-5-17-13-18(26)9-11-23(17,3)22(19)10-12-24(20,21)4/h9,11,15,17,19-22H,5-8,10,12-14H2,1-4H3. The largest absolute Gasteiger partial charge is 0.466 e. The summed E-state index contributed by atoms with van der Waals surface area (Å²) in [5, 5.41) is 0. The summed E-state index contributed by atoms with van der Waals surface area (Å²) < 4.78 is 5.36. The Morgan fingerprint density at radius 2 is 1.96 bits per heavy atom. The first-order valence-corrected chi connectivity index (χ1v) is 11.1. The summed E-state index contributed by atoms with van der Waals surface area (Å²) in [6.45, 7) is 9.33. The maximum Gasteiger partial charge on any atom is 0.302 e. The van der Waals surface area contributed by atoms with Crippen LogP contribution in [0, 0.1) is 46.3 Å². The minimum Gasteiger partial charge on any atom is -0.466 e. The molecule has 8 atom stereocenters. The smallest absolute Gasteiger partial charge is 0.302 e. The van der Waals surface area contributed by atoms with Crippen molar-refractivity contribution in [3.05, 3.63) is 12.2 Å². The number of esters is 1. The molecule has 27 heavy (non-hydrogen) atoms. The van der Waals surface area contributed by atoms with Crippen LogP contribution in [-0.2, 0) is 14.3 Å². The van der Waals surface area contributed by atoms with Gasteiger partial charge in [0.15, 0.2) is 5.78 Å². The van der Waals surface area contributed by atoms with Gasteiger partial charge in [-0.05, 0) is 90.9 Å². The molecule has 0 aliphatic heterocycles. The number of rotatable bonds is 3. The Kier molecular flexibility index (Phi) is 4.79. The highest BCUT2D eigenvalue weighted by Gasteiger charge is 2.60. The Bertz CT molecular complexity index is 652. The molecule has 0 N–H and O–H groups in total. The molecule has 0 aromatic heterocycles. The summed E-state index contributed by atoms with van der Waals surface area (Å²) in [6.07, 6.45) is 12.6. The van der Waals surface area contributed by atoms with Crippen molar-refractivity contribution in [2.45, 2.75) is 72.6 Å².